The topological polar surface area (TPSA) is 32.7 Å². The summed E-state index contributed by atoms with van der Waals surface area (Å²) in [4.78, 5) is 2.49. The van der Waals surface area contributed by atoms with E-state index in [9.17, 15) is 5.11 Å². The minimum atomic E-state index is -0.167. The van der Waals surface area contributed by atoms with Crippen LogP contribution >= 0.6 is 0 Å². The monoisotopic (exact) mass is 253 g/mol. The maximum absolute atomic E-state index is 10.1. The summed E-state index contributed by atoms with van der Waals surface area (Å²) < 4.78 is 5.54. The Morgan fingerprint density at radius 1 is 1.00 bits per heavy atom. The molecule has 0 aromatic rings. The highest BCUT2D eigenvalue weighted by atomic mass is 16.5. The fourth-order valence-electron chi connectivity index (χ4n) is 4.19. The highest BCUT2D eigenvalue weighted by Gasteiger charge is 2.39. The molecule has 0 amide bonds. The second kappa shape index (κ2) is 5.48. The van der Waals surface area contributed by atoms with Crippen LogP contribution in [0.15, 0.2) is 0 Å². The van der Waals surface area contributed by atoms with Gasteiger partial charge in [-0.05, 0) is 50.6 Å². The second-order valence-corrected chi connectivity index (χ2v) is 6.59. The van der Waals surface area contributed by atoms with E-state index in [1.807, 2.05) is 0 Å². The third kappa shape index (κ3) is 2.59. The van der Waals surface area contributed by atoms with Gasteiger partial charge in [0.25, 0.3) is 0 Å². The standard InChI is InChI=1S/C15H27NO2/c17-14-4-11-18-12-13(14)16-9-7-15(8-10-16)5-2-1-3-6-15/h13-14,17H,1-12H2. The van der Waals surface area contributed by atoms with Crippen molar-refractivity contribution in [3.05, 3.63) is 0 Å². The number of nitrogens with zero attached hydrogens (tertiary/aromatic N) is 1. The van der Waals surface area contributed by atoms with Crippen molar-refractivity contribution in [2.75, 3.05) is 26.3 Å². The van der Waals surface area contributed by atoms with Crippen molar-refractivity contribution >= 4 is 0 Å². The molecular weight excluding hydrogens is 226 g/mol. The van der Waals surface area contributed by atoms with Crippen LogP contribution in [0.5, 0.6) is 0 Å². The highest BCUT2D eigenvalue weighted by molar-refractivity contribution is 4.92. The van der Waals surface area contributed by atoms with E-state index in [4.69, 9.17) is 4.74 Å². The van der Waals surface area contributed by atoms with E-state index in [-0.39, 0.29) is 12.1 Å². The smallest absolute Gasteiger partial charge is 0.0739 e. The van der Waals surface area contributed by atoms with Gasteiger partial charge < -0.3 is 9.84 Å². The molecule has 2 heterocycles. The van der Waals surface area contributed by atoms with Gasteiger partial charge in [0.15, 0.2) is 0 Å². The zero-order valence-corrected chi connectivity index (χ0v) is 11.4. The summed E-state index contributed by atoms with van der Waals surface area (Å²) in [5.41, 5.74) is 0.662. The van der Waals surface area contributed by atoms with Crippen LogP contribution in [0.3, 0.4) is 0 Å². The molecule has 0 radical (unpaired) electrons. The molecule has 104 valence electrons. The number of likely N-dealkylation sites (tertiary alicyclic amines) is 1. The molecule has 18 heavy (non-hydrogen) atoms. The number of aliphatic hydroxyl groups is 1. The van der Waals surface area contributed by atoms with Gasteiger partial charge >= 0.3 is 0 Å². The Hall–Kier alpha value is -0.120. The summed E-state index contributed by atoms with van der Waals surface area (Å²) >= 11 is 0. The molecule has 2 aliphatic heterocycles. The van der Waals surface area contributed by atoms with Gasteiger partial charge in [-0.25, -0.2) is 0 Å². The second-order valence-electron chi connectivity index (χ2n) is 6.59. The van der Waals surface area contributed by atoms with E-state index in [0.717, 1.165) is 19.6 Å². The van der Waals surface area contributed by atoms with Crippen LogP contribution in [0, 0.1) is 5.41 Å². The number of hydrogen-bond acceptors (Lipinski definition) is 3. The number of rotatable bonds is 1. The summed E-state index contributed by atoms with van der Waals surface area (Å²) in [5, 5.41) is 10.1. The van der Waals surface area contributed by atoms with Crippen molar-refractivity contribution in [2.24, 2.45) is 5.41 Å². The quantitative estimate of drug-likeness (QED) is 0.777. The predicted octanol–water partition coefficient (Wildman–Crippen LogP) is 2.18. The summed E-state index contributed by atoms with van der Waals surface area (Å²) in [6, 6.07) is 0.264. The number of piperidine rings is 1. The van der Waals surface area contributed by atoms with E-state index >= 15 is 0 Å². The molecule has 2 atom stereocenters. The van der Waals surface area contributed by atoms with Crippen molar-refractivity contribution in [3.63, 3.8) is 0 Å². The lowest BCUT2D eigenvalue weighted by molar-refractivity contribution is -0.0785. The minimum Gasteiger partial charge on any atom is -0.391 e. The zero-order chi connectivity index (χ0) is 12.4. The Kier molecular flexibility index (Phi) is 3.92. The number of aliphatic hydroxyl groups excluding tert-OH is 1. The molecule has 1 saturated carbocycles. The van der Waals surface area contributed by atoms with Crippen LogP contribution in [0.25, 0.3) is 0 Å². The van der Waals surface area contributed by atoms with Gasteiger partial charge in [-0.2, -0.15) is 0 Å². The summed E-state index contributed by atoms with van der Waals surface area (Å²) in [5.74, 6) is 0. The molecule has 3 rings (SSSR count). The average molecular weight is 253 g/mol. The van der Waals surface area contributed by atoms with Gasteiger partial charge in [-0.1, -0.05) is 19.3 Å². The molecule has 3 nitrogen and oxygen atoms in total. The third-order valence-electron chi connectivity index (χ3n) is 5.53. The molecule has 0 bridgehead atoms. The van der Waals surface area contributed by atoms with Gasteiger partial charge in [0.2, 0.25) is 0 Å². The Labute approximate surface area is 110 Å². The Bertz CT molecular complexity index is 266. The maximum atomic E-state index is 10.1. The third-order valence-corrected chi connectivity index (χ3v) is 5.53. The first-order valence-electron chi connectivity index (χ1n) is 7.79. The molecule has 2 saturated heterocycles. The first kappa shape index (κ1) is 12.9. The number of hydrogen-bond donors (Lipinski definition) is 1. The van der Waals surface area contributed by atoms with Crippen LogP contribution < -0.4 is 0 Å². The van der Waals surface area contributed by atoms with Crippen molar-refractivity contribution in [1.29, 1.82) is 0 Å². The molecular formula is C15H27NO2. The molecule has 3 heteroatoms. The van der Waals surface area contributed by atoms with Crippen molar-refractivity contribution in [2.45, 2.75) is 63.5 Å². The van der Waals surface area contributed by atoms with E-state index in [1.54, 1.807) is 0 Å². The molecule has 2 unspecified atom stereocenters. The Balaban J connectivity index is 1.55. The van der Waals surface area contributed by atoms with Crippen LogP contribution in [0.2, 0.25) is 0 Å². The first-order valence-corrected chi connectivity index (χ1v) is 7.79. The van der Waals surface area contributed by atoms with Gasteiger partial charge in [0.1, 0.15) is 0 Å². The predicted molar refractivity (Wildman–Crippen MR) is 71.6 cm³/mol. The normalized spacial score (nSPS) is 37.8. The van der Waals surface area contributed by atoms with Gasteiger partial charge in [-0.3, -0.25) is 4.90 Å². The maximum Gasteiger partial charge on any atom is 0.0739 e. The average Bonchev–Trinajstić information content (AvgIpc) is 2.42. The van der Waals surface area contributed by atoms with Gasteiger partial charge in [0.05, 0.1) is 18.8 Å². The van der Waals surface area contributed by atoms with E-state index < -0.39 is 0 Å². The van der Waals surface area contributed by atoms with E-state index in [1.165, 1.54) is 58.0 Å². The number of ether oxygens (including phenoxy) is 1. The molecule has 0 aromatic carbocycles. The lowest BCUT2D eigenvalue weighted by Crippen LogP contribution is -2.54. The molecule has 1 aliphatic carbocycles. The zero-order valence-electron chi connectivity index (χ0n) is 11.4. The van der Waals surface area contributed by atoms with E-state index in [0.29, 0.717) is 5.41 Å². The molecule has 1 spiro atoms. The molecule has 1 N–H and O–H groups in total. The Morgan fingerprint density at radius 2 is 1.72 bits per heavy atom. The lowest BCUT2D eigenvalue weighted by Gasteiger charge is -2.47. The van der Waals surface area contributed by atoms with Crippen LogP contribution in [0.1, 0.15) is 51.4 Å². The van der Waals surface area contributed by atoms with Crippen LogP contribution in [-0.4, -0.2) is 48.5 Å². The van der Waals surface area contributed by atoms with E-state index in [2.05, 4.69) is 4.90 Å². The van der Waals surface area contributed by atoms with Crippen molar-refractivity contribution in [3.8, 4) is 0 Å². The van der Waals surface area contributed by atoms with Crippen LogP contribution in [0.4, 0.5) is 0 Å². The highest BCUT2D eigenvalue weighted by Crippen LogP contribution is 2.44. The minimum absolute atomic E-state index is 0.167. The fourth-order valence-corrected chi connectivity index (χ4v) is 4.19. The summed E-state index contributed by atoms with van der Waals surface area (Å²) in [6.07, 6.45) is 10.6. The molecule has 3 fully saturated rings. The van der Waals surface area contributed by atoms with Gasteiger partial charge in [0, 0.05) is 6.61 Å². The first-order chi connectivity index (χ1) is 8.79. The SMILES string of the molecule is OC1CCOCC1N1CCC2(CCCCC2)CC1. The largest absolute Gasteiger partial charge is 0.391 e. The van der Waals surface area contributed by atoms with Crippen LogP contribution in [-0.2, 0) is 4.74 Å². The van der Waals surface area contributed by atoms with Gasteiger partial charge in [-0.15, -0.1) is 0 Å². The molecule has 3 aliphatic rings. The lowest BCUT2D eigenvalue weighted by atomic mass is 9.68. The summed E-state index contributed by atoms with van der Waals surface area (Å²) in [7, 11) is 0. The Morgan fingerprint density at radius 3 is 2.39 bits per heavy atom. The summed E-state index contributed by atoms with van der Waals surface area (Å²) in [6.45, 7) is 3.81. The van der Waals surface area contributed by atoms with Crippen molar-refractivity contribution in [1.82, 2.24) is 4.90 Å². The fraction of sp³-hybridized carbons (Fsp3) is 1.00. The molecule has 0 aromatic heterocycles. The van der Waals surface area contributed by atoms with Crippen molar-refractivity contribution < 1.29 is 9.84 Å².